The van der Waals surface area contributed by atoms with Crippen LogP contribution in [0.1, 0.15) is 53.1 Å². The van der Waals surface area contributed by atoms with Crippen molar-refractivity contribution in [3.63, 3.8) is 0 Å². The van der Waals surface area contributed by atoms with E-state index in [0.717, 1.165) is 21.7 Å². The van der Waals surface area contributed by atoms with E-state index in [-0.39, 0.29) is 31.1 Å². The zero-order valence-corrected chi connectivity index (χ0v) is 23.9. The van der Waals surface area contributed by atoms with Crippen LogP contribution in [0.2, 0.25) is 0 Å². The highest BCUT2D eigenvalue weighted by atomic mass is 32.1. The highest BCUT2D eigenvalue weighted by molar-refractivity contribution is 7.16. The van der Waals surface area contributed by atoms with Gasteiger partial charge in [0, 0.05) is 46.9 Å². The van der Waals surface area contributed by atoms with E-state index in [2.05, 4.69) is 17.4 Å². The van der Waals surface area contributed by atoms with Crippen molar-refractivity contribution in [2.45, 2.75) is 33.1 Å². The summed E-state index contributed by atoms with van der Waals surface area (Å²) in [5.74, 6) is -0.409. The first-order valence-corrected chi connectivity index (χ1v) is 14.3. The molecule has 7 nitrogen and oxygen atoms in total. The molecule has 0 aliphatic rings. The van der Waals surface area contributed by atoms with Crippen molar-refractivity contribution < 1.29 is 23.9 Å². The van der Waals surface area contributed by atoms with Crippen LogP contribution in [0.5, 0.6) is 5.75 Å². The average Bonchev–Trinajstić information content (AvgIpc) is 3.38. The Labute approximate surface area is 243 Å². The molecular weight excluding hydrogens is 536 g/mol. The fourth-order valence-electron chi connectivity index (χ4n) is 4.17. The van der Waals surface area contributed by atoms with Crippen LogP contribution in [0.4, 0.5) is 5.13 Å². The molecule has 3 aromatic carbocycles. The van der Waals surface area contributed by atoms with Crippen LogP contribution in [0, 0.1) is 0 Å². The number of carbonyl (C=O) groups is 3. The minimum atomic E-state index is -0.479. The van der Waals surface area contributed by atoms with Gasteiger partial charge in [-0.25, -0.2) is 9.78 Å². The number of carbonyl (C=O) groups excluding carboxylic acids is 3. The van der Waals surface area contributed by atoms with Gasteiger partial charge in [0.2, 0.25) is 5.91 Å². The van der Waals surface area contributed by atoms with E-state index in [1.165, 1.54) is 17.4 Å². The van der Waals surface area contributed by atoms with Gasteiger partial charge in [0.1, 0.15) is 5.75 Å². The largest absolute Gasteiger partial charge is 0.493 e. The zero-order valence-electron chi connectivity index (χ0n) is 23.1. The second-order valence-corrected chi connectivity index (χ2v) is 10.1. The first kappa shape index (κ1) is 29.4. The Kier molecular flexibility index (Phi) is 10.6. The Morgan fingerprint density at radius 3 is 2.34 bits per heavy atom. The Morgan fingerprint density at radius 1 is 0.902 bits per heavy atom. The summed E-state index contributed by atoms with van der Waals surface area (Å²) < 4.78 is 10.6. The standard InChI is InChI=1S/C33H32N2O5S/c1-3-39-28-18-15-25(22-26(28)16-20-31(38)40-4-2)27(36)17-19-30(37)34-33-35-32(24-13-9-6-10-14-24)29(41-33)21-23-11-7-5-8-12-23/h5-16,18,20,22H,3-4,17,19,21H2,1-2H3,(H,34,35,37)/b20-16+. The molecule has 210 valence electrons. The Bertz CT molecular complexity index is 1510. The molecule has 4 aromatic rings. The molecule has 0 aliphatic heterocycles. The lowest BCUT2D eigenvalue weighted by molar-refractivity contribution is -0.137. The van der Waals surface area contributed by atoms with Crippen molar-refractivity contribution in [3.05, 3.63) is 107 Å². The van der Waals surface area contributed by atoms with Gasteiger partial charge in [-0.3, -0.25) is 9.59 Å². The Morgan fingerprint density at radius 2 is 1.63 bits per heavy atom. The van der Waals surface area contributed by atoms with Gasteiger partial charge in [0.15, 0.2) is 10.9 Å². The number of thiazole rings is 1. The topological polar surface area (TPSA) is 94.6 Å². The third-order valence-electron chi connectivity index (χ3n) is 6.09. The third kappa shape index (κ3) is 8.46. The van der Waals surface area contributed by atoms with E-state index in [4.69, 9.17) is 14.5 Å². The number of esters is 1. The molecule has 1 amide bonds. The number of aromatic nitrogens is 1. The lowest BCUT2D eigenvalue weighted by Gasteiger charge is -2.09. The quantitative estimate of drug-likeness (QED) is 0.106. The van der Waals surface area contributed by atoms with Crippen LogP contribution in [0.25, 0.3) is 17.3 Å². The van der Waals surface area contributed by atoms with Crippen LogP contribution < -0.4 is 10.1 Å². The van der Waals surface area contributed by atoms with Crippen molar-refractivity contribution in [2.75, 3.05) is 18.5 Å². The first-order chi connectivity index (χ1) is 20.0. The summed E-state index contributed by atoms with van der Waals surface area (Å²) in [6, 6.07) is 25.0. The molecule has 0 bridgehead atoms. The van der Waals surface area contributed by atoms with E-state index in [0.29, 0.717) is 35.0 Å². The Hall–Kier alpha value is -4.56. The molecule has 0 spiro atoms. The van der Waals surface area contributed by atoms with Crippen LogP contribution >= 0.6 is 11.3 Å². The monoisotopic (exact) mass is 568 g/mol. The lowest BCUT2D eigenvalue weighted by Crippen LogP contribution is -2.13. The summed E-state index contributed by atoms with van der Waals surface area (Å²) in [5, 5.41) is 3.38. The van der Waals surface area contributed by atoms with E-state index < -0.39 is 5.97 Å². The maximum Gasteiger partial charge on any atom is 0.330 e. The molecule has 0 radical (unpaired) electrons. The average molecular weight is 569 g/mol. The van der Waals surface area contributed by atoms with Gasteiger partial charge in [-0.05, 0) is 43.7 Å². The van der Waals surface area contributed by atoms with Gasteiger partial charge in [0.05, 0.1) is 18.9 Å². The molecule has 0 aliphatic carbocycles. The van der Waals surface area contributed by atoms with Crippen molar-refractivity contribution in [3.8, 4) is 17.0 Å². The van der Waals surface area contributed by atoms with E-state index in [9.17, 15) is 14.4 Å². The molecule has 8 heteroatoms. The number of amides is 1. The van der Waals surface area contributed by atoms with Gasteiger partial charge in [-0.15, -0.1) is 11.3 Å². The maximum atomic E-state index is 13.0. The molecule has 1 N–H and O–H groups in total. The lowest BCUT2D eigenvalue weighted by atomic mass is 10.0. The molecule has 0 atom stereocenters. The number of ketones is 1. The van der Waals surface area contributed by atoms with Gasteiger partial charge >= 0.3 is 5.97 Å². The molecule has 0 unspecified atom stereocenters. The van der Waals surface area contributed by atoms with E-state index in [1.54, 1.807) is 31.2 Å². The van der Waals surface area contributed by atoms with Crippen LogP contribution in [0.15, 0.2) is 84.9 Å². The molecule has 1 aromatic heterocycles. The Balaban J connectivity index is 1.43. The van der Waals surface area contributed by atoms with Crippen molar-refractivity contribution in [2.24, 2.45) is 0 Å². The van der Waals surface area contributed by atoms with Crippen LogP contribution in [0.3, 0.4) is 0 Å². The number of nitrogens with one attached hydrogen (secondary N) is 1. The summed E-state index contributed by atoms with van der Waals surface area (Å²) in [7, 11) is 0. The molecule has 0 fully saturated rings. The molecule has 0 saturated carbocycles. The maximum absolute atomic E-state index is 13.0. The number of rotatable bonds is 13. The van der Waals surface area contributed by atoms with E-state index >= 15 is 0 Å². The molecule has 0 saturated heterocycles. The van der Waals surface area contributed by atoms with Crippen molar-refractivity contribution in [1.82, 2.24) is 4.98 Å². The number of Topliss-reactive ketones (excluding diaryl/α,β-unsaturated/α-hetero) is 1. The van der Waals surface area contributed by atoms with Gasteiger partial charge in [0.25, 0.3) is 0 Å². The molecule has 1 heterocycles. The zero-order chi connectivity index (χ0) is 29.0. The molecule has 4 rings (SSSR count). The predicted octanol–water partition coefficient (Wildman–Crippen LogP) is 6.98. The summed E-state index contributed by atoms with van der Waals surface area (Å²) in [6.07, 6.45) is 3.59. The molecule has 41 heavy (non-hydrogen) atoms. The number of hydrogen-bond donors (Lipinski definition) is 1. The van der Waals surface area contributed by atoms with Crippen molar-refractivity contribution >= 4 is 40.2 Å². The fourth-order valence-corrected chi connectivity index (χ4v) is 5.20. The second-order valence-electron chi connectivity index (χ2n) is 9.06. The normalized spacial score (nSPS) is 10.9. The predicted molar refractivity (Wildman–Crippen MR) is 162 cm³/mol. The number of ether oxygens (including phenoxy) is 2. The number of hydrogen-bond acceptors (Lipinski definition) is 7. The number of benzene rings is 3. The summed E-state index contributed by atoms with van der Waals surface area (Å²) in [6.45, 7) is 4.29. The minimum absolute atomic E-state index is 0.00825. The highest BCUT2D eigenvalue weighted by Gasteiger charge is 2.17. The number of nitrogens with zero attached hydrogens (tertiary/aromatic N) is 1. The van der Waals surface area contributed by atoms with Gasteiger partial charge < -0.3 is 14.8 Å². The second kappa shape index (κ2) is 14.7. The fraction of sp³-hybridized carbons (Fsp3) is 0.212. The summed E-state index contributed by atoms with van der Waals surface area (Å²) >= 11 is 1.44. The number of anilines is 1. The smallest absolute Gasteiger partial charge is 0.330 e. The van der Waals surface area contributed by atoms with Gasteiger partial charge in [-0.2, -0.15) is 0 Å². The van der Waals surface area contributed by atoms with Crippen LogP contribution in [-0.4, -0.2) is 35.9 Å². The SMILES string of the molecule is CCOC(=O)/C=C/c1cc(C(=O)CCC(=O)Nc2nc(-c3ccccc3)c(Cc3ccccc3)s2)ccc1OCC. The summed E-state index contributed by atoms with van der Waals surface area (Å²) in [4.78, 5) is 43.3. The third-order valence-corrected chi connectivity index (χ3v) is 7.07. The van der Waals surface area contributed by atoms with Gasteiger partial charge in [-0.1, -0.05) is 60.7 Å². The summed E-state index contributed by atoms with van der Waals surface area (Å²) in [5.41, 5.74) is 3.98. The first-order valence-electron chi connectivity index (χ1n) is 13.5. The minimum Gasteiger partial charge on any atom is -0.493 e. The van der Waals surface area contributed by atoms with Crippen molar-refractivity contribution in [1.29, 1.82) is 0 Å². The molecular formula is C33H32N2O5S. The highest BCUT2D eigenvalue weighted by Crippen LogP contribution is 2.33. The van der Waals surface area contributed by atoms with Crippen LogP contribution in [-0.2, 0) is 20.7 Å². The van der Waals surface area contributed by atoms with E-state index in [1.807, 2.05) is 55.5 Å².